The molecule has 0 aliphatic rings. The van der Waals surface area contributed by atoms with Crippen LogP contribution in [0.15, 0.2) is 65.7 Å². The number of hydrogen-bond donors (Lipinski definition) is 1. The van der Waals surface area contributed by atoms with Crippen LogP contribution in [0.3, 0.4) is 0 Å². The van der Waals surface area contributed by atoms with Gasteiger partial charge in [-0.05, 0) is 37.1 Å². The van der Waals surface area contributed by atoms with E-state index in [1.54, 1.807) is 23.9 Å². The van der Waals surface area contributed by atoms with Gasteiger partial charge < -0.3 is 0 Å². The van der Waals surface area contributed by atoms with E-state index in [2.05, 4.69) is 9.82 Å². The molecule has 1 aromatic heterocycles. The van der Waals surface area contributed by atoms with Gasteiger partial charge in [-0.15, -0.1) is 0 Å². The van der Waals surface area contributed by atoms with Gasteiger partial charge in [0.05, 0.1) is 23.3 Å². The number of para-hydroxylation sites is 2. The Bertz CT molecular complexity index is 947. The molecule has 0 bridgehead atoms. The molecule has 0 atom stereocenters. The molecular formula is C18H19N3O2S. The van der Waals surface area contributed by atoms with Crippen LogP contribution < -0.4 is 4.72 Å². The van der Waals surface area contributed by atoms with E-state index < -0.39 is 10.0 Å². The lowest BCUT2D eigenvalue weighted by Gasteiger charge is -2.10. The zero-order valence-electron chi connectivity index (χ0n) is 13.6. The van der Waals surface area contributed by atoms with E-state index >= 15 is 0 Å². The third-order valence-corrected chi connectivity index (χ3v) is 5.28. The summed E-state index contributed by atoms with van der Waals surface area (Å²) in [6.07, 6.45) is 2.29. The quantitative estimate of drug-likeness (QED) is 0.772. The normalized spacial score (nSPS) is 11.4. The Morgan fingerprint density at radius 1 is 1.04 bits per heavy atom. The van der Waals surface area contributed by atoms with E-state index in [0.29, 0.717) is 11.4 Å². The highest BCUT2D eigenvalue weighted by atomic mass is 32.2. The number of nitrogens with zero attached hydrogens (tertiary/aromatic N) is 2. The van der Waals surface area contributed by atoms with Gasteiger partial charge in [0.1, 0.15) is 4.90 Å². The minimum absolute atomic E-state index is 0.178. The van der Waals surface area contributed by atoms with Crippen molar-refractivity contribution in [3.8, 4) is 5.69 Å². The third-order valence-electron chi connectivity index (χ3n) is 3.81. The maximum absolute atomic E-state index is 12.8. The van der Waals surface area contributed by atoms with Crippen LogP contribution in [-0.4, -0.2) is 18.2 Å². The summed E-state index contributed by atoms with van der Waals surface area (Å²) in [7, 11) is -3.70. The number of benzene rings is 2. The Labute approximate surface area is 142 Å². The molecule has 124 valence electrons. The zero-order valence-corrected chi connectivity index (χ0v) is 14.4. The lowest BCUT2D eigenvalue weighted by molar-refractivity contribution is 0.600. The highest BCUT2D eigenvalue weighted by molar-refractivity contribution is 7.92. The van der Waals surface area contributed by atoms with E-state index in [9.17, 15) is 8.42 Å². The van der Waals surface area contributed by atoms with Crippen LogP contribution in [0.5, 0.6) is 0 Å². The molecule has 6 heteroatoms. The van der Waals surface area contributed by atoms with Crippen LogP contribution in [-0.2, 0) is 16.4 Å². The Morgan fingerprint density at radius 2 is 1.71 bits per heavy atom. The molecular weight excluding hydrogens is 322 g/mol. The molecule has 3 rings (SSSR count). The first kappa shape index (κ1) is 16.3. The summed E-state index contributed by atoms with van der Waals surface area (Å²) in [6, 6.07) is 16.8. The monoisotopic (exact) mass is 341 g/mol. The van der Waals surface area contributed by atoms with Crippen molar-refractivity contribution in [1.82, 2.24) is 9.78 Å². The molecule has 24 heavy (non-hydrogen) atoms. The van der Waals surface area contributed by atoms with E-state index in [1.165, 1.54) is 0 Å². The summed E-state index contributed by atoms with van der Waals surface area (Å²) in [5.74, 6) is 0. The van der Waals surface area contributed by atoms with Crippen molar-refractivity contribution < 1.29 is 8.42 Å². The molecule has 0 aliphatic heterocycles. The number of anilines is 1. The second-order valence-corrected chi connectivity index (χ2v) is 7.13. The molecule has 0 unspecified atom stereocenters. The summed E-state index contributed by atoms with van der Waals surface area (Å²) < 4.78 is 29.8. The molecule has 1 N–H and O–H groups in total. The number of rotatable bonds is 5. The van der Waals surface area contributed by atoms with Gasteiger partial charge in [0.25, 0.3) is 10.0 Å². The van der Waals surface area contributed by atoms with E-state index in [4.69, 9.17) is 0 Å². The number of aromatic nitrogens is 2. The van der Waals surface area contributed by atoms with Gasteiger partial charge in [-0.2, -0.15) is 5.10 Å². The van der Waals surface area contributed by atoms with Crippen molar-refractivity contribution in [3.05, 3.63) is 72.1 Å². The second kappa shape index (κ2) is 6.49. The minimum Gasteiger partial charge on any atom is -0.279 e. The first-order valence-corrected chi connectivity index (χ1v) is 9.22. The summed E-state index contributed by atoms with van der Waals surface area (Å²) in [6.45, 7) is 3.69. The average molecular weight is 341 g/mol. The van der Waals surface area contributed by atoms with Crippen molar-refractivity contribution in [2.45, 2.75) is 25.2 Å². The highest BCUT2D eigenvalue weighted by Crippen LogP contribution is 2.23. The molecule has 0 aliphatic carbocycles. The molecule has 0 amide bonds. The zero-order chi connectivity index (χ0) is 17.2. The van der Waals surface area contributed by atoms with Crippen molar-refractivity contribution >= 4 is 15.7 Å². The van der Waals surface area contributed by atoms with Gasteiger partial charge >= 0.3 is 0 Å². The summed E-state index contributed by atoms with van der Waals surface area (Å²) >= 11 is 0. The highest BCUT2D eigenvalue weighted by Gasteiger charge is 2.21. The van der Waals surface area contributed by atoms with Gasteiger partial charge in [0.2, 0.25) is 0 Å². The molecule has 0 spiro atoms. The Morgan fingerprint density at radius 3 is 2.42 bits per heavy atom. The fourth-order valence-electron chi connectivity index (χ4n) is 2.55. The number of aryl methyl sites for hydroxylation is 2. The van der Waals surface area contributed by atoms with E-state index in [0.717, 1.165) is 17.7 Å². The molecule has 2 aromatic carbocycles. The summed E-state index contributed by atoms with van der Waals surface area (Å²) in [5.41, 5.74) is 2.83. The fourth-order valence-corrected chi connectivity index (χ4v) is 3.82. The topological polar surface area (TPSA) is 64.0 Å². The average Bonchev–Trinajstić information content (AvgIpc) is 2.99. The molecule has 0 fully saturated rings. The predicted molar refractivity (Wildman–Crippen MR) is 94.9 cm³/mol. The second-order valence-electron chi connectivity index (χ2n) is 5.48. The number of nitrogens with one attached hydrogen (secondary N) is 1. The number of sulfonamides is 1. The summed E-state index contributed by atoms with van der Waals surface area (Å²) in [5, 5.41) is 4.33. The molecule has 1 heterocycles. The Kier molecular flexibility index (Phi) is 4.40. The number of hydrogen-bond acceptors (Lipinski definition) is 3. The first-order valence-electron chi connectivity index (χ1n) is 7.73. The maximum Gasteiger partial charge on any atom is 0.265 e. The predicted octanol–water partition coefficient (Wildman–Crippen LogP) is 3.54. The van der Waals surface area contributed by atoms with Crippen LogP contribution in [0.25, 0.3) is 5.69 Å². The molecule has 0 radical (unpaired) electrons. The Balaban J connectivity index is 1.97. The minimum atomic E-state index is -3.70. The van der Waals surface area contributed by atoms with E-state index in [-0.39, 0.29) is 4.90 Å². The molecule has 0 saturated heterocycles. The standard InChI is InChI=1S/C18H19N3O2S/c1-3-15-9-7-8-12-17(15)20-24(22,23)18-13-21(19-14(18)2)16-10-5-4-6-11-16/h4-13,20H,3H2,1-2H3. The molecule has 0 saturated carbocycles. The van der Waals surface area contributed by atoms with Crippen LogP contribution in [0.1, 0.15) is 18.2 Å². The van der Waals surface area contributed by atoms with Crippen LogP contribution >= 0.6 is 0 Å². The van der Waals surface area contributed by atoms with Crippen molar-refractivity contribution in [3.63, 3.8) is 0 Å². The van der Waals surface area contributed by atoms with Crippen molar-refractivity contribution in [2.75, 3.05) is 4.72 Å². The first-order chi connectivity index (χ1) is 11.5. The van der Waals surface area contributed by atoms with Gasteiger partial charge in [0.15, 0.2) is 0 Å². The van der Waals surface area contributed by atoms with Gasteiger partial charge in [-0.25, -0.2) is 13.1 Å². The lowest BCUT2D eigenvalue weighted by Crippen LogP contribution is -2.14. The maximum atomic E-state index is 12.8. The summed E-state index contributed by atoms with van der Waals surface area (Å²) in [4.78, 5) is 0.178. The SMILES string of the molecule is CCc1ccccc1NS(=O)(=O)c1cn(-c2ccccc2)nc1C. The van der Waals surface area contributed by atoms with Gasteiger partial charge in [-0.1, -0.05) is 43.3 Å². The van der Waals surface area contributed by atoms with Gasteiger partial charge in [0, 0.05) is 0 Å². The molecule has 3 aromatic rings. The smallest absolute Gasteiger partial charge is 0.265 e. The molecule has 5 nitrogen and oxygen atoms in total. The largest absolute Gasteiger partial charge is 0.279 e. The lowest BCUT2D eigenvalue weighted by atomic mass is 10.1. The van der Waals surface area contributed by atoms with Crippen molar-refractivity contribution in [1.29, 1.82) is 0 Å². The van der Waals surface area contributed by atoms with Crippen molar-refractivity contribution in [2.24, 2.45) is 0 Å². The van der Waals surface area contributed by atoms with E-state index in [1.807, 2.05) is 55.5 Å². The van der Waals surface area contributed by atoms with Crippen LogP contribution in [0.4, 0.5) is 5.69 Å². The van der Waals surface area contributed by atoms with Crippen LogP contribution in [0, 0.1) is 6.92 Å². The third kappa shape index (κ3) is 3.19. The van der Waals surface area contributed by atoms with Gasteiger partial charge in [-0.3, -0.25) is 4.72 Å². The Hall–Kier alpha value is -2.60. The van der Waals surface area contributed by atoms with Crippen LogP contribution in [0.2, 0.25) is 0 Å². The fraction of sp³-hybridized carbons (Fsp3) is 0.167.